The van der Waals surface area contributed by atoms with Crippen LogP contribution in [0.1, 0.15) is 25.3 Å². The molecule has 1 fully saturated rings. The molecule has 1 aliphatic rings. The highest BCUT2D eigenvalue weighted by atomic mass is 35.5. The third-order valence-corrected chi connectivity index (χ3v) is 3.18. The second-order valence-corrected chi connectivity index (χ2v) is 4.57. The van der Waals surface area contributed by atoms with Gasteiger partial charge in [0.2, 0.25) is 0 Å². The van der Waals surface area contributed by atoms with Crippen molar-refractivity contribution >= 4 is 17.3 Å². The van der Waals surface area contributed by atoms with Gasteiger partial charge in [-0.15, -0.1) is 0 Å². The Morgan fingerprint density at radius 1 is 1.47 bits per heavy atom. The van der Waals surface area contributed by atoms with Crippen LogP contribution in [0.25, 0.3) is 0 Å². The van der Waals surface area contributed by atoms with Crippen LogP contribution in [0.15, 0.2) is 18.2 Å². The Balaban J connectivity index is 2.11. The number of benzene rings is 1. The van der Waals surface area contributed by atoms with E-state index >= 15 is 0 Å². The fraction of sp³-hybridized carbons (Fsp3) is 0.500. The minimum atomic E-state index is 0.769. The van der Waals surface area contributed by atoms with E-state index in [9.17, 15) is 0 Å². The van der Waals surface area contributed by atoms with E-state index in [1.54, 1.807) is 0 Å². The van der Waals surface area contributed by atoms with Crippen LogP contribution in [0, 0.1) is 0 Å². The quantitative estimate of drug-likeness (QED) is 0.797. The average molecular weight is 225 g/mol. The van der Waals surface area contributed by atoms with E-state index in [4.69, 9.17) is 17.3 Å². The number of halogens is 1. The second-order valence-electron chi connectivity index (χ2n) is 4.14. The summed E-state index contributed by atoms with van der Waals surface area (Å²) in [5.41, 5.74) is 7.92. The molecule has 0 saturated heterocycles. The van der Waals surface area contributed by atoms with Crippen LogP contribution < -0.4 is 5.73 Å². The van der Waals surface area contributed by atoms with Crippen molar-refractivity contribution in [1.82, 2.24) is 4.90 Å². The third-order valence-electron chi connectivity index (χ3n) is 2.95. The van der Waals surface area contributed by atoms with Crippen molar-refractivity contribution in [3.63, 3.8) is 0 Å². The number of hydrogen-bond donors (Lipinski definition) is 1. The number of nitrogen functional groups attached to an aromatic ring is 1. The van der Waals surface area contributed by atoms with E-state index < -0.39 is 0 Å². The summed E-state index contributed by atoms with van der Waals surface area (Å²) in [6.07, 6.45) is 2.66. The van der Waals surface area contributed by atoms with Gasteiger partial charge in [0, 0.05) is 23.3 Å². The molecular weight excluding hydrogens is 208 g/mol. The predicted octanol–water partition coefficient (Wildman–Crippen LogP) is 2.91. The molecule has 0 heterocycles. The Morgan fingerprint density at radius 2 is 2.20 bits per heavy atom. The monoisotopic (exact) mass is 224 g/mol. The van der Waals surface area contributed by atoms with Gasteiger partial charge in [0.25, 0.3) is 0 Å². The number of anilines is 1. The Hall–Kier alpha value is -0.730. The Labute approximate surface area is 96.0 Å². The molecule has 0 atom stereocenters. The van der Waals surface area contributed by atoms with Gasteiger partial charge in [-0.1, -0.05) is 18.5 Å². The normalized spacial score (nSPS) is 15.9. The minimum Gasteiger partial charge on any atom is -0.398 e. The van der Waals surface area contributed by atoms with Gasteiger partial charge in [-0.3, -0.25) is 4.90 Å². The first kappa shape index (κ1) is 10.8. The molecular formula is C12H17ClN2. The fourth-order valence-corrected chi connectivity index (χ4v) is 2.06. The first-order valence-electron chi connectivity index (χ1n) is 5.48. The van der Waals surface area contributed by atoms with E-state index in [0.717, 1.165) is 35.4 Å². The SMILES string of the molecule is CCN(Cc1cc(Cl)ccc1N)C1CC1. The summed E-state index contributed by atoms with van der Waals surface area (Å²) in [5.74, 6) is 0. The molecule has 0 aromatic heterocycles. The molecule has 82 valence electrons. The van der Waals surface area contributed by atoms with Gasteiger partial charge in [-0.05, 0) is 43.1 Å². The molecule has 2 N–H and O–H groups in total. The van der Waals surface area contributed by atoms with Crippen LogP contribution in [0.4, 0.5) is 5.69 Å². The maximum Gasteiger partial charge on any atom is 0.0410 e. The van der Waals surface area contributed by atoms with E-state index in [1.807, 2.05) is 18.2 Å². The summed E-state index contributed by atoms with van der Waals surface area (Å²) < 4.78 is 0. The summed E-state index contributed by atoms with van der Waals surface area (Å²) in [6.45, 7) is 4.20. The molecule has 0 radical (unpaired) electrons. The maximum atomic E-state index is 5.96. The number of rotatable bonds is 4. The second kappa shape index (κ2) is 4.42. The predicted molar refractivity (Wildman–Crippen MR) is 65.0 cm³/mol. The number of nitrogens with zero attached hydrogens (tertiary/aromatic N) is 1. The van der Waals surface area contributed by atoms with Crippen molar-refractivity contribution < 1.29 is 0 Å². The van der Waals surface area contributed by atoms with Gasteiger partial charge in [-0.25, -0.2) is 0 Å². The lowest BCUT2D eigenvalue weighted by molar-refractivity contribution is 0.270. The van der Waals surface area contributed by atoms with Crippen molar-refractivity contribution in [1.29, 1.82) is 0 Å². The van der Waals surface area contributed by atoms with Gasteiger partial charge in [0.1, 0.15) is 0 Å². The molecule has 3 heteroatoms. The number of nitrogens with two attached hydrogens (primary N) is 1. The van der Waals surface area contributed by atoms with Crippen LogP contribution in [0.5, 0.6) is 0 Å². The highest BCUT2D eigenvalue weighted by Gasteiger charge is 2.27. The summed E-state index contributed by atoms with van der Waals surface area (Å²) in [5, 5.41) is 0.769. The van der Waals surface area contributed by atoms with Crippen molar-refractivity contribution in [2.24, 2.45) is 0 Å². The molecule has 1 aromatic rings. The largest absolute Gasteiger partial charge is 0.398 e. The van der Waals surface area contributed by atoms with Crippen molar-refractivity contribution in [2.45, 2.75) is 32.4 Å². The Bertz CT molecular complexity index is 347. The first-order valence-corrected chi connectivity index (χ1v) is 5.86. The molecule has 2 nitrogen and oxygen atoms in total. The Morgan fingerprint density at radius 3 is 2.80 bits per heavy atom. The summed E-state index contributed by atoms with van der Waals surface area (Å²) >= 11 is 5.96. The minimum absolute atomic E-state index is 0.769. The van der Waals surface area contributed by atoms with Gasteiger partial charge >= 0.3 is 0 Å². The zero-order chi connectivity index (χ0) is 10.8. The molecule has 0 aliphatic heterocycles. The summed E-state index contributed by atoms with van der Waals surface area (Å²) in [6, 6.07) is 6.47. The fourth-order valence-electron chi connectivity index (χ4n) is 1.87. The van der Waals surface area contributed by atoms with Crippen molar-refractivity contribution in [3.8, 4) is 0 Å². The van der Waals surface area contributed by atoms with E-state index in [1.165, 1.54) is 12.8 Å². The third kappa shape index (κ3) is 2.64. The lowest BCUT2D eigenvalue weighted by atomic mass is 10.1. The van der Waals surface area contributed by atoms with Crippen molar-refractivity contribution in [3.05, 3.63) is 28.8 Å². The van der Waals surface area contributed by atoms with E-state index in [0.29, 0.717) is 0 Å². The van der Waals surface area contributed by atoms with Crippen molar-refractivity contribution in [2.75, 3.05) is 12.3 Å². The molecule has 0 unspecified atom stereocenters. The van der Waals surface area contributed by atoms with Crippen LogP contribution in [0.3, 0.4) is 0 Å². The van der Waals surface area contributed by atoms with Crippen LogP contribution in [0.2, 0.25) is 5.02 Å². The topological polar surface area (TPSA) is 29.3 Å². The zero-order valence-electron chi connectivity index (χ0n) is 9.04. The average Bonchev–Trinajstić information content (AvgIpc) is 3.03. The number of hydrogen-bond acceptors (Lipinski definition) is 2. The molecule has 0 bridgehead atoms. The highest BCUT2D eigenvalue weighted by Crippen LogP contribution is 2.29. The zero-order valence-corrected chi connectivity index (χ0v) is 9.80. The lowest BCUT2D eigenvalue weighted by Gasteiger charge is -2.20. The summed E-state index contributed by atoms with van der Waals surface area (Å²) in [4.78, 5) is 2.46. The van der Waals surface area contributed by atoms with Crippen LogP contribution in [-0.4, -0.2) is 17.5 Å². The molecule has 15 heavy (non-hydrogen) atoms. The molecule has 2 rings (SSSR count). The Kier molecular flexibility index (Phi) is 3.17. The highest BCUT2D eigenvalue weighted by molar-refractivity contribution is 6.30. The van der Waals surface area contributed by atoms with Gasteiger partial charge in [0.05, 0.1) is 0 Å². The van der Waals surface area contributed by atoms with Gasteiger partial charge in [-0.2, -0.15) is 0 Å². The molecule has 1 aliphatic carbocycles. The van der Waals surface area contributed by atoms with Gasteiger partial charge in [0.15, 0.2) is 0 Å². The molecule has 1 saturated carbocycles. The lowest BCUT2D eigenvalue weighted by Crippen LogP contribution is -2.25. The van der Waals surface area contributed by atoms with E-state index in [2.05, 4.69) is 11.8 Å². The maximum absolute atomic E-state index is 5.96. The summed E-state index contributed by atoms with van der Waals surface area (Å²) in [7, 11) is 0. The molecule has 0 amide bonds. The van der Waals surface area contributed by atoms with E-state index in [-0.39, 0.29) is 0 Å². The standard InChI is InChI=1S/C12H17ClN2/c1-2-15(11-4-5-11)8-9-7-10(13)3-6-12(9)14/h3,6-7,11H,2,4-5,8,14H2,1H3. The first-order chi connectivity index (χ1) is 7.20. The smallest absolute Gasteiger partial charge is 0.0410 e. The molecule has 1 aromatic carbocycles. The van der Waals surface area contributed by atoms with Gasteiger partial charge < -0.3 is 5.73 Å². The van der Waals surface area contributed by atoms with Crippen LogP contribution in [-0.2, 0) is 6.54 Å². The molecule has 0 spiro atoms. The van der Waals surface area contributed by atoms with Crippen LogP contribution >= 0.6 is 11.6 Å².